The lowest BCUT2D eigenvalue weighted by atomic mass is 9.94. The van der Waals surface area contributed by atoms with Gasteiger partial charge in [-0.3, -0.25) is 4.90 Å². The highest BCUT2D eigenvalue weighted by molar-refractivity contribution is 5.87. The van der Waals surface area contributed by atoms with Crippen LogP contribution in [0.5, 0.6) is 11.5 Å². The highest BCUT2D eigenvalue weighted by Gasteiger charge is 2.36. The van der Waals surface area contributed by atoms with Crippen LogP contribution in [0.1, 0.15) is 50.6 Å². The smallest absolute Gasteiger partial charge is 0.322 e. The first-order valence-electron chi connectivity index (χ1n) is 11.2. The average Bonchev–Trinajstić information content (AvgIpc) is 3.30. The molecule has 178 valence electrons. The normalized spacial score (nSPS) is 16.1. The number of carbonyl (C=O) groups is 1. The van der Waals surface area contributed by atoms with E-state index in [1.54, 1.807) is 29.2 Å². The van der Waals surface area contributed by atoms with Crippen molar-refractivity contribution >= 4 is 11.6 Å². The van der Waals surface area contributed by atoms with Crippen LogP contribution >= 0.6 is 0 Å². The summed E-state index contributed by atoms with van der Waals surface area (Å²) < 4.78 is 24.5. The summed E-state index contributed by atoms with van der Waals surface area (Å²) in [4.78, 5) is 19.2. The molecule has 34 heavy (non-hydrogen) atoms. The van der Waals surface area contributed by atoms with Crippen LogP contribution in [0.25, 0.3) is 17.0 Å². The van der Waals surface area contributed by atoms with Crippen molar-refractivity contribution in [3.05, 3.63) is 65.4 Å². The summed E-state index contributed by atoms with van der Waals surface area (Å²) in [6, 6.07) is 9.96. The Labute approximate surface area is 197 Å². The Morgan fingerprint density at radius 2 is 2.06 bits per heavy atom. The Morgan fingerprint density at radius 1 is 1.24 bits per heavy atom. The molecule has 8 nitrogen and oxygen atoms in total. The predicted octanol–water partition coefficient (Wildman–Crippen LogP) is 5.28. The number of nitrogens with zero attached hydrogens (tertiary/aromatic N) is 3. The van der Waals surface area contributed by atoms with E-state index in [1.807, 2.05) is 6.92 Å². The summed E-state index contributed by atoms with van der Waals surface area (Å²) in [5.74, 6) is 0.305. The first kappa shape index (κ1) is 23.3. The number of halogens is 1. The molecule has 0 aliphatic carbocycles. The Bertz CT molecular complexity index is 1220. The molecule has 0 saturated heterocycles. The van der Waals surface area contributed by atoms with Gasteiger partial charge in [-0.2, -0.15) is 4.98 Å². The predicted molar refractivity (Wildman–Crippen MR) is 124 cm³/mol. The van der Waals surface area contributed by atoms with E-state index < -0.39 is 11.9 Å². The van der Waals surface area contributed by atoms with Gasteiger partial charge in [0.15, 0.2) is 11.5 Å². The molecular formula is C25H27FN4O4. The van der Waals surface area contributed by atoms with Crippen LogP contribution in [0.2, 0.25) is 0 Å². The number of nitrogens with one attached hydrogen (secondary N) is 1. The summed E-state index contributed by atoms with van der Waals surface area (Å²) >= 11 is 0. The summed E-state index contributed by atoms with van der Waals surface area (Å²) in [6.07, 6.45) is 2.87. The molecule has 0 spiro atoms. The van der Waals surface area contributed by atoms with Crippen molar-refractivity contribution in [2.45, 2.75) is 39.2 Å². The highest BCUT2D eigenvalue weighted by atomic mass is 19.1. The molecule has 2 heterocycles. The fourth-order valence-electron chi connectivity index (χ4n) is 4.06. The van der Waals surface area contributed by atoms with Crippen LogP contribution in [0.15, 0.2) is 52.7 Å². The third-order valence-electron chi connectivity index (χ3n) is 5.86. The number of carbonyl (C=O) groups excluding carboxylic acids is 1. The van der Waals surface area contributed by atoms with Gasteiger partial charge in [-0.25, -0.2) is 9.18 Å². The molecule has 1 unspecified atom stereocenters. The summed E-state index contributed by atoms with van der Waals surface area (Å²) in [6.45, 7) is 4.48. The van der Waals surface area contributed by atoms with E-state index in [4.69, 9.17) is 9.26 Å². The fourth-order valence-corrected chi connectivity index (χ4v) is 4.06. The van der Waals surface area contributed by atoms with Crippen molar-refractivity contribution in [2.24, 2.45) is 0 Å². The van der Waals surface area contributed by atoms with Gasteiger partial charge in [-0.05, 0) is 43.2 Å². The molecule has 0 bridgehead atoms. The molecule has 4 rings (SSSR count). The standard InChI is InChI=1S/C25H27FN4O4/c1-4-5-6-12-30-15(2)21(24-28-23(29-34-24)17-8-7-9-18(26)13-17)22(27-25(30)32)16-10-11-20(33-3)19(31)14-16/h7-11,13-14,22,31H,4-6,12H2,1-3H3,(H,27,32). The Hall–Kier alpha value is -3.88. The number of aromatic nitrogens is 2. The maximum absolute atomic E-state index is 13.7. The monoisotopic (exact) mass is 466 g/mol. The quantitative estimate of drug-likeness (QED) is 0.438. The van der Waals surface area contributed by atoms with E-state index in [0.717, 1.165) is 19.3 Å². The number of allylic oxidation sites excluding steroid dienone is 1. The van der Waals surface area contributed by atoms with Gasteiger partial charge in [0.25, 0.3) is 5.89 Å². The first-order chi connectivity index (χ1) is 16.4. The van der Waals surface area contributed by atoms with Gasteiger partial charge in [0.05, 0.1) is 18.7 Å². The maximum atomic E-state index is 13.7. The number of amides is 2. The number of aromatic hydroxyl groups is 1. The Balaban J connectivity index is 1.79. The molecule has 1 atom stereocenters. The van der Waals surface area contributed by atoms with Crippen molar-refractivity contribution in [3.63, 3.8) is 0 Å². The lowest BCUT2D eigenvalue weighted by molar-refractivity contribution is 0.204. The van der Waals surface area contributed by atoms with E-state index in [9.17, 15) is 14.3 Å². The number of methoxy groups -OCH3 is 1. The minimum absolute atomic E-state index is 0.0531. The second-order valence-electron chi connectivity index (χ2n) is 8.11. The summed E-state index contributed by atoms with van der Waals surface area (Å²) in [5.41, 5.74) is 2.39. The molecule has 2 aromatic carbocycles. The molecule has 0 saturated carbocycles. The zero-order valence-corrected chi connectivity index (χ0v) is 19.3. The molecule has 0 radical (unpaired) electrons. The SMILES string of the molecule is CCCCCN1C(=O)NC(c2ccc(OC)c(O)c2)C(c2nc(-c3cccc(F)c3)no2)=C1C. The minimum Gasteiger partial charge on any atom is -0.504 e. The van der Waals surface area contributed by atoms with Gasteiger partial charge in [0.2, 0.25) is 5.82 Å². The van der Waals surface area contributed by atoms with Gasteiger partial charge in [0.1, 0.15) is 5.82 Å². The van der Waals surface area contributed by atoms with E-state index in [1.165, 1.54) is 25.3 Å². The number of unbranched alkanes of at least 4 members (excludes halogenated alkanes) is 2. The van der Waals surface area contributed by atoms with Crippen LogP contribution in [-0.4, -0.2) is 39.8 Å². The van der Waals surface area contributed by atoms with Crippen LogP contribution in [-0.2, 0) is 0 Å². The third kappa shape index (κ3) is 4.59. The van der Waals surface area contributed by atoms with E-state index >= 15 is 0 Å². The fraction of sp³-hybridized carbons (Fsp3) is 0.320. The van der Waals surface area contributed by atoms with E-state index in [0.29, 0.717) is 34.7 Å². The van der Waals surface area contributed by atoms with Gasteiger partial charge >= 0.3 is 6.03 Å². The highest BCUT2D eigenvalue weighted by Crippen LogP contribution is 2.39. The average molecular weight is 467 g/mol. The van der Waals surface area contributed by atoms with Crippen molar-refractivity contribution in [1.29, 1.82) is 0 Å². The molecule has 0 fully saturated rings. The van der Waals surface area contributed by atoms with Crippen molar-refractivity contribution < 1.29 is 23.6 Å². The van der Waals surface area contributed by atoms with Crippen molar-refractivity contribution in [2.75, 3.05) is 13.7 Å². The Kier molecular flexibility index (Phi) is 6.81. The molecule has 2 amide bonds. The number of urea groups is 1. The summed E-state index contributed by atoms with van der Waals surface area (Å²) in [5, 5.41) is 17.4. The number of hydrogen-bond acceptors (Lipinski definition) is 6. The number of rotatable bonds is 8. The van der Waals surface area contributed by atoms with Crippen LogP contribution in [0.4, 0.5) is 9.18 Å². The second kappa shape index (κ2) is 9.94. The van der Waals surface area contributed by atoms with E-state index in [-0.39, 0.29) is 23.5 Å². The molecule has 3 aromatic rings. The maximum Gasteiger partial charge on any atom is 0.322 e. The molecule has 1 aromatic heterocycles. The first-order valence-corrected chi connectivity index (χ1v) is 11.2. The number of phenolic OH excluding ortho intramolecular Hbond substituents is 1. The number of phenols is 1. The zero-order valence-electron chi connectivity index (χ0n) is 19.3. The van der Waals surface area contributed by atoms with Crippen LogP contribution in [0.3, 0.4) is 0 Å². The zero-order chi connectivity index (χ0) is 24.2. The van der Waals surface area contributed by atoms with Crippen molar-refractivity contribution in [1.82, 2.24) is 20.4 Å². The molecule has 9 heteroatoms. The van der Waals surface area contributed by atoms with Gasteiger partial charge < -0.3 is 19.7 Å². The Morgan fingerprint density at radius 3 is 2.76 bits per heavy atom. The lowest BCUT2D eigenvalue weighted by Crippen LogP contribution is -2.46. The van der Waals surface area contributed by atoms with Crippen LogP contribution < -0.4 is 10.1 Å². The van der Waals surface area contributed by atoms with Gasteiger partial charge in [0, 0.05) is 17.8 Å². The van der Waals surface area contributed by atoms with Gasteiger partial charge in [-0.1, -0.05) is 43.1 Å². The number of hydrogen-bond donors (Lipinski definition) is 2. The second-order valence-corrected chi connectivity index (χ2v) is 8.11. The van der Waals surface area contributed by atoms with Crippen molar-refractivity contribution in [3.8, 4) is 22.9 Å². The third-order valence-corrected chi connectivity index (χ3v) is 5.86. The minimum atomic E-state index is -0.646. The molecule has 1 aliphatic rings. The van der Waals surface area contributed by atoms with Gasteiger partial charge in [-0.15, -0.1) is 0 Å². The molecule has 2 N–H and O–H groups in total. The van der Waals surface area contributed by atoms with E-state index in [2.05, 4.69) is 22.4 Å². The topological polar surface area (TPSA) is 101 Å². The molecule has 1 aliphatic heterocycles. The lowest BCUT2D eigenvalue weighted by Gasteiger charge is -2.35. The van der Waals surface area contributed by atoms with Crippen LogP contribution in [0, 0.1) is 5.82 Å². The molecular weight excluding hydrogens is 439 g/mol. The number of benzene rings is 2. The largest absolute Gasteiger partial charge is 0.504 e. The number of ether oxygens (including phenoxy) is 1. The summed E-state index contributed by atoms with van der Waals surface area (Å²) in [7, 11) is 1.47.